The maximum Gasteiger partial charge on any atom is 0.249 e. The van der Waals surface area contributed by atoms with E-state index in [1.807, 2.05) is 0 Å². The van der Waals surface area contributed by atoms with Gasteiger partial charge in [-0.25, -0.2) is 0 Å². The first-order valence-electron chi connectivity index (χ1n) is 4.34. The Bertz CT molecular complexity index is 222. The Morgan fingerprint density at radius 3 is 3.00 bits per heavy atom. The van der Waals surface area contributed by atoms with Gasteiger partial charge < -0.3 is 15.8 Å². The molecule has 0 aromatic heterocycles. The standard InChI is InChI=1S/C9H14N2O2/c1-2-5-11-9(12)8-4-3-7(6-10)13-8/h1,7-8H,3-6,10H2,(H,11,12). The Morgan fingerprint density at radius 2 is 2.46 bits per heavy atom. The molecule has 4 nitrogen and oxygen atoms in total. The van der Waals surface area contributed by atoms with Gasteiger partial charge in [0.2, 0.25) is 5.91 Å². The highest BCUT2D eigenvalue weighted by molar-refractivity contribution is 5.81. The smallest absolute Gasteiger partial charge is 0.249 e. The maximum atomic E-state index is 11.3. The number of rotatable bonds is 3. The average molecular weight is 182 g/mol. The van der Waals surface area contributed by atoms with E-state index in [0.29, 0.717) is 6.54 Å². The van der Waals surface area contributed by atoms with Gasteiger partial charge >= 0.3 is 0 Å². The molecule has 0 saturated carbocycles. The molecule has 13 heavy (non-hydrogen) atoms. The first kappa shape index (κ1) is 10.0. The van der Waals surface area contributed by atoms with Crippen molar-refractivity contribution in [3.63, 3.8) is 0 Å². The quantitative estimate of drug-likeness (QED) is 0.564. The molecule has 1 heterocycles. The van der Waals surface area contributed by atoms with Gasteiger partial charge in [0.25, 0.3) is 0 Å². The van der Waals surface area contributed by atoms with Crippen LogP contribution in [0.5, 0.6) is 0 Å². The van der Waals surface area contributed by atoms with Crippen molar-refractivity contribution < 1.29 is 9.53 Å². The second-order valence-electron chi connectivity index (χ2n) is 2.98. The summed E-state index contributed by atoms with van der Waals surface area (Å²) in [6.45, 7) is 0.727. The zero-order valence-corrected chi connectivity index (χ0v) is 7.45. The molecule has 3 N–H and O–H groups in total. The van der Waals surface area contributed by atoms with Gasteiger partial charge in [0.1, 0.15) is 6.10 Å². The number of hydrogen-bond donors (Lipinski definition) is 2. The maximum absolute atomic E-state index is 11.3. The fraction of sp³-hybridized carbons (Fsp3) is 0.667. The Hall–Kier alpha value is -1.05. The Morgan fingerprint density at radius 1 is 1.69 bits per heavy atom. The van der Waals surface area contributed by atoms with Crippen LogP contribution in [0.1, 0.15) is 12.8 Å². The number of nitrogens with one attached hydrogen (secondary N) is 1. The molecule has 0 aromatic carbocycles. The topological polar surface area (TPSA) is 64.4 Å². The Labute approximate surface area is 77.8 Å². The van der Waals surface area contributed by atoms with Crippen molar-refractivity contribution in [1.29, 1.82) is 0 Å². The molecule has 0 bridgehead atoms. The number of terminal acetylenes is 1. The molecule has 1 amide bonds. The van der Waals surface area contributed by atoms with Gasteiger partial charge in [0.15, 0.2) is 0 Å². The van der Waals surface area contributed by atoms with Crippen molar-refractivity contribution in [3.05, 3.63) is 0 Å². The normalized spacial score (nSPS) is 26.8. The first-order valence-corrected chi connectivity index (χ1v) is 4.34. The SMILES string of the molecule is C#CCNC(=O)C1CCC(CN)O1. The minimum absolute atomic E-state index is 0.0292. The molecule has 4 heteroatoms. The van der Waals surface area contributed by atoms with E-state index in [1.54, 1.807) is 0 Å². The molecule has 1 aliphatic rings. The zero-order valence-electron chi connectivity index (χ0n) is 7.45. The van der Waals surface area contributed by atoms with Crippen LogP contribution in [0.3, 0.4) is 0 Å². The van der Waals surface area contributed by atoms with E-state index in [9.17, 15) is 4.79 Å². The lowest BCUT2D eigenvalue weighted by Crippen LogP contribution is -2.35. The predicted octanol–water partition coefficient (Wildman–Crippen LogP) is -0.758. The van der Waals surface area contributed by atoms with Crippen molar-refractivity contribution >= 4 is 5.91 Å². The van der Waals surface area contributed by atoms with Crippen LogP contribution in [0.25, 0.3) is 0 Å². The molecule has 2 unspecified atom stereocenters. The number of hydrogen-bond acceptors (Lipinski definition) is 3. The highest BCUT2D eigenvalue weighted by atomic mass is 16.5. The van der Waals surface area contributed by atoms with Crippen LogP contribution in [0.15, 0.2) is 0 Å². The van der Waals surface area contributed by atoms with Gasteiger partial charge in [-0.2, -0.15) is 0 Å². The summed E-state index contributed by atoms with van der Waals surface area (Å²) in [5, 5.41) is 2.58. The fourth-order valence-electron chi connectivity index (χ4n) is 1.32. The minimum atomic E-state index is -0.359. The summed E-state index contributed by atoms with van der Waals surface area (Å²) in [6, 6.07) is 0. The molecule has 1 fully saturated rings. The van der Waals surface area contributed by atoms with E-state index in [2.05, 4.69) is 11.2 Å². The molecule has 1 rings (SSSR count). The van der Waals surface area contributed by atoms with Crippen LogP contribution in [-0.2, 0) is 9.53 Å². The monoisotopic (exact) mass is 182 g/mol. The van der Waals surface area contributed by atoms with E-state index >= 15 is 0 Å². The van der Waals surface area contributed by atoms with Crippen LogP contribution >= 0.6 is 0 Å². The average Bonchev–Trinajstić information content (AvgIpc) is 2.62. The Balaban J connectivity index is 2.30. The third-order valence-corrected chi connectivity index (χ3v) is 2.03. The van der Waals surface area contributed by atoms with Crippen LogP contribution in [0.2, 0.25) is 0 Å². The zero-order chi connectivity index (χ0) is 9.68. The van der Waals surface area contributed by atoms with Gasteiger partial charge in [0, 0.05) is 6.54 Å². The number of carbonyl (C=O) groups is 1. The largest absolute Gasteiger partial charge is 0.364 e. The number of nitrogens with two attached hydrogens (primary N) is 1. The van der Waals surface area contributed by atoms with Crippen molar-refractivity contribution in [3.8, 4) is 12.3 Å². The minimum Gasteiger partial charge on any atom is -0.364 e. The number of carbonyl (C=O) groups excluding carboxylic acids is 1. The van der Waals surface area contributed by atoms with Gasteiger partial charge in [-0.05, 0) is 12.8 Å². The fourth-order valence-corrected chi connectivity index (χ4v) is 1.32. The summed E-state index contributed by atoms with van der Waals surface area (Å²) < 4.78 is 5.36. The van der Waals surface area contributed by atoms with E-state index in [4.69, 9.17) is 16.9 Å². The molecule has 72 valence electrons. The summed E-state index contributed by atoms with van der Waals surface area (Å²) in [4.78, 5) is 11.3. The second-order valence-corrected chi connectivity index (χ2v) is 2.98. The summed E-state index contributed by atoms with van der Waals surface area (Å²) in [7, 11) is 0. The molecular formula is C9H14N2O2. The van der Waals surface area contributed by atoms with Gasteiger partial charge in [0.05, 0.1) is 12.6 Å². The summed E-state index contributed by atoms with van der Waals surface area (Å²) >= 11 is 0. The molecule has 0 radical (unpaired) electrons. The van der Waals surface area contributed by atoms with Crippen molar-refractivity contribution in [1.82, 2.24) is 5.32 Å². The molecule has 0 aliphatic carbocycles. The molecule has 1 aliphatic heterocycles. The van der Waals surface area contributed by atoms with E-state index in [0.717, 1.165) is 12.8 Å². The molecule has 1 saturated heterocycles. The molecule has 0 spiro atoms. The summed E-state index contributed by atoms with van der Waals surface area (Å²) in [5.41, 5.74) is 5.41. The first-order chi connectivity index (χ1) is 6.27. The molecule has 2 atom stereocenters. The number of ether oxygens (including phenoxy) is 1. The second kappa shape index (κ2) is 4.85. The lowest BCUT2D eigenvalue weighted by atomic mass is 10.2. The highest BCUT2D eigenvalue weighted by Crippen LogP contribution is 2.18. The van der Waals surface area contributed by atoms with Crippen LogP contribution in [-0.4, -0.2) is 31.2 Å². The lowest BCUT2D eigenvalue weighted by molar-refractivity contribution is -0.131. The van der Waals surface area contributed by atoms with Gasteiger partial charge in [-0.1, -0.05) is 5.92 Å². The molecular weight excluding hydrogens is 168 g/mol. The predicted molar refractivity (Wildman–Crippen MR) is 48.8 cm³/mol. The van der Waals surface area contributed by atoms with Crippen LogP contribution in [0, 0.1) is 12.3 Å². The summed E-state index contributed by atoms with van der Waals surface area (Å²) in [5.74, 6) is 2.20. The van der Waals surface area contributed by atoms with Crippen molar-refractivity contribution in [2.24, 2.45) is 5.73 Å². The molecule has 0 aromatic rings. The lowest BCUT2D eigenvalue weighted by Gasteiger charge is -2.10. The Kier molecular flexibility index (Phi) is 3.74. The third-order valence-electron chi connectivity index (χ3n) is 2.03. The van der Waals surface area contributed by atoms with Gasteiger partial charge in [-0.3, -0.25) is 4.79 Å². The van der Waals surface area contributed by atoms with Crippen LogP contribution < -0.4 is 11.1 Å². The van der Waals surface area contributed by atoms with Crippen molar-refractivity contribution in [2.75, 3.05) is 13.1 Å². The van der Waals surface area contributed by atoms with E-state index < -0.39 is 0 Å². The van der Waals surface area contributed by atoms with Crippen molar-refractivity contribution in [2.45, 2.75) is 25.0 Å². The van der Waals surface area contributed by atoms with Crippen LogP contribution in [0.4, 0.5) is 0 Å². The third kappa shape index (κ3) is 2.72. The van der Waals surface area contributed by atoms with E-state index in [-0.39, 0.29) is 24.7 Å². The highest BCUT2D eigenvalue weighted by Gasteiger charge is 2.29. The van der Waals surface area contributed by atoms with E-state index in [1.165, 1.54) is 0 Å². The number of amides is 1. The van der Waals surface area contributed by atoms with Gasteiger partial charge in [-0.15, -0.1) is 6.42 Å². The summed E-state index contributed by atoms with van der Waals surface area (Å²) in [6.07, 6.45) is 6.26.